The molecule has 0 bridgehead atoms. The van der Waals surface area contributed by atoms with Gasteiger partial charge in [-0.3, -0.25) is 0 Å². The van der Waals surface area contributed by atoms with E-state index >= 15 is 0 Å². The minimum atomic E-state index is 0.610. The minimum Gasteiger partial charge on any atom is -0.491 e. The molecular weight excluding hydrogens is 240 g/mol. The van der Waals surface area contributed by atoms with E-state index in [0.29, 0.717) is 12.6 Å². The number of rotatable bonds is 8. The molecule has 4 nitrogen and oxygen atoms in total. The van der Waals surface area contributed by atoms with Crippen molar-refractivity contribution in [3.05, 3.63) is 18.2 Å². The lowest BCUT2D eigenvalue weighted by Crippen LogP contribution is -2.30. The Hall–Kier alpha value is -1.42. The van der Waals surface area contributed by atoms with Crippen LogP contribution in [0.25, 0.3) is 0 Å². The van der Waals surface area contributed by atoms with E-state index in [0.717, 1.165) is 36.7 Å². The van der Waals surface area contributed by atoms with E-state index in [4.69, 9.17) is 15.2 Å². The first kappa shape index (κ1) is 14.0. The Morgan fingerprint density at radius 2 is 2.11 bits per heavy atom. The van der Waals surface area contributed by atoms with Crippen molar-refractivity contribution in [3.63, 3.8) is 0 Å². The second-order valence-corrected chi connectivity index (χ2v) is 4.95. The first-order valence-electron chi connectivity index (χ1n) is 7.04. The zero-order valence-corrected chi connectivity index (χ0v) is 11.9. The van der Waals surface area contributed by atoms with Gasteiger partial charge in [0.25, 0.3) is 0 Å². The Morgan fingerprint density at radius 3 is 2.74 bits per heavy atom. The summed E-state index contributed by atoms with van der Waals surface area (Å²) in [5, 5.41) is 0. The Kier molecular flexibility index (Phi) is 4.91. The second kappa shape index (κ2) is 6.66. The first-order chi connectivity index (χ1) is 9.27. The van der Waals surface area contributed by atoms with Crippen LogP contribution in [-0.2, 0) is 4.74 Å². The minimum absolute atomic E-state index is 0.610. The van der Waals surface area contributed by atoms with Crippen LogP contribution in [0.5, 0.6) is 5.75 Å². The molecule has 2 N–H and O–H groups in total. The standard InChI is InChI=1S/C15H24N2O2/c1-3-10-19-14-6-4-5-13(15(14)16)17(9-11-18-2)12-7-8-12/h4-6,12H,3,7-11,16H2,1-2H3. The third-order valence-electron chi connectivity index (χ3n) is 3.34. The number of nitrogen functional groups attached to an aromatic ring is 1. The lowest BCUT2D eigenvalue weighted by molar-refractivity contribution is 0.205. The zero-order valence-electron chi connectivity index (χ0n) is 11.9. The third-order valence-corrected chi connectivity index (χ3v) is 3.34. The average Bonchev–Trinajstić information content (AvgIpc) is 3.24. The fraction of sp³-hybridized carbons (Fsp3) is 0.600. The van der Waals surface area contributed by atoms with Crippen molar-refractivity contribution in [1.82, 2.24) is 0 Å². The highest BCUT2D eigenvalue weighted by atomic mass is 16.5. The maximum Gasteiger partial charge on any atom is 0.144 e. The quantitative estimate of drug-likeness (QED) is 0.733. The Labute approximate surface area is 115 Å². The predicted octanol–water partition coefficient (Wildman–Crippen LogP) is 2.67. The fourth-order valence-corrected chi connectivity index (χ4v) is 2.20. The molecule has 0 saturated heterocycles. The Bertz CT molecular complexity index is 405. The number of anilines is 2. The predicted molar refractivity (Wildman–Crippen MR) is 78.9 cm³/mol. The summed E-state index contributed by atoms with van der Waals surface area (Å²) in [5.41, 5.74) is 8.08. The Morgan fingerprint density at radius 1 is 1.32 bits per heavy atom. The van der Waals surface area contributed by atoms with Gasteiger partial charge in [-0.15, -0.1) is 0 Å². The van der Waals surface area contributed by atoms with Gasteiger partial charge in [-0.05, 0) is 31.4 Å². The highest BCUT2D eigenvalue weighted by molar-refractivity contribution is 5.74. The summed E-state index contributed by atoms with van der Waals surface area (Å²) in [5.74, 6) is 0.794. The largest absolute Gasteiger partial charge is 0.491 e. The fourth-order valence-electron chi connectivity index (χ4n) is 2.20. The summed E-state index contributed by atoms with van der Waals surface area (Å²) in [7, 11) is 1.73. The number of nitrogens with two attached hydrogens (primary N) is 1. The molecule has 1 fully saturated rings. The van der Waals surface area contributed by atoms with Gasteiger partial charge in [-0.2, -0.15) is 0 Å². The number of hydrogen-bond acceptors (Lipinski definition) is 4. The van der Waals surface area contributed by atoms with E-state index in [9.17, 15) is 0 Å². The van der Waals surface area contributed by atoms with Crippen LogP contribution in [-0.4, -0.2) is 32.9 Å². The highest BCUT2D eigenvalue weighted by Gasteiger charge is 2.30. The molecule has 1 aliphatic carbocycles. The van der Waals surface area contributed by atoms with Gasteiger partial charge >= 0.3 is 0 Å². The van der Waals surface area contributed by atoms with Crippen LogP contribution in [0.1, 0.15) is 26.2 Å². The topological polar surface area (TPSA) is 47.7 Å². The number of nitrogens with zero attached hydrogens (tertiary/aromatic N) is 1. The van der Waals surface area contributed by atoms with Crippen molar-refractivity contribution in [3.8, 4) is 5.75 Å². The lowest BCUT2D eigenvalue weighted by atomic mass is 10.2. The summed E-state index contributed by atoms with van der Waals surface area (Å²) in [4.78, 5) is 2.34. The van der Waals surface area contributed by atoms with Crippen LogP contribution in [0.2, 0.25) is 0 Å². The number of ether oxygens (including phenoxy) is 2. The summed E-state index contributed by atoms with van der Waals surface area (Å²) < 4.78 is 10.9. The maximum atomic E-state index is 6.25. The van der Waals surface area contributed by atoms with Gasteiger partial charge in [0.15, 0.2) is 0 Å². The normalized spacial score (nSPS) is 14.4. The monoisotopic (exact) mass is 264 g/mol. The molecule has 0 radical (unpaired) electrons. The average molecular weight is 264 g/mol. The van der Waals surface area contributed by atoms with Crippen molar-refractivity contribution in [2.75, 3.05) is 37.5 Å². The van der Waals surface area contributed by atoms with Crippen molar-refractivity contribution >= 4 is 11.4 Å². The molecule has 1 aromatic rings. The molecule has 4 heteroatoms. The SMILES string of the molecule is CCCOc1cccc(N(CCOC)C2CC2)c1N. The van der Waals surface area contributed by atoms with Gasteiger partial charge in [-0.1, -0.05) is 13.0 Å². The maximum absolute atomic E-state index is 6.25. The summed E-state index contributed by atoms with van der Waals surface area (Å²) in [6, 6.07) is 6.63. The van der Waals surface area contributed by atoms with E-state index in [2.05, 4.69) is 17.9 Å². The van der Waals surface area contributed by atoms with Gasteiger partial charge in [-0.25, -0.2) is 0 Å². The molecule has 1 aliphatic rings. The molecule has 0 spiro atoms. The van der Waals surface area contributed by atoms with Crippen LogP contribution < -0.4 is 15.4 Å². The Balaban J connectivity index is 2.16. The van der Waals surface area contributed by atoms with Crippen molar-refractivity contribution in [2.24, 2.45) is 0 Å². The molecule has 1 saturated carbocycles. The number of para-hydroxylation sites is 1. The molecule has 1 aromatic carbocycles. The molecule has 0 aliphatic heterocycles. The smallest absolute Gasteiger partial charge is 0.144 e. The molecule has 0 unspecified atom stereocenters. The van der Waals surface area contributed by atoms with E-state index in [1.165, 1.54) is 12.8 Å². The van der Waals surface area contributed by atoms with E-state index < -0.39 is 0 Å². The van der Waals surface area contributed by atoms with Crippen LogP contribution in [0.3, 0.4) is 0 Å². The molecular formula is C15H24N2O2. The highest BCUT2D eigenvalue weighted by Crippen LogP contribution is 2.38. The molecule has 19 heavy (non-hydrogen) atoms. The van der Waals surface area contributed by atoms with Gasteiger partial charge in [0, 0.05) is 19.7 Å². The van der Waals surface area contributed by atoms with E-state index in [1.807, 2.05) is 12.1 Å². The summed E-state index contributed by atoms with van der Waals surface area (Å²) in [6.07, 6.45) is 3.46. The lowest BCUT2D eigenvalue weighted by Gasteiger charge is -2.26. The molecule has 0 atom stereocenters. The molecule has 2 rings (SSSR count). The van der Waals surface area contributed by atoms with Gasteiger partial charge in [0.05, 0.1) is 24.6 Å². The molecule has 106 valence electrons. The third kappa shape index (κ3) is 3.53. The summed E-state index contributed by atoms with van der Waals surface area (Å²) >= 11 is 0. The van der Waals surface area contributed by atoms with E-state index in [1.54, 1.807) is 7.11 Å². The first-order valence-corrected chi connectivity index (χ1v) is 7.04. The molecule has 0 aromatic heterocycles. The van der Waals surface area contributed by atoms with Crippen LogP contribution >= 0.6 is 0 Å². The van der Waals surface area contributed by atoms with Crippen molar-refractivity contribution in [1.29, 1.82) is 0 Å². The van der Waals surface area contributed by atoms with Crippen molar-refractivity contribution in [2.45, 2.75) is 32.2 Å². The van der Waals surface area contributed by atoms with Crippen LogP contribution in [0.15, 0.2) is 18.2 Å². The molecule has 0 heterocycles. The van der Waals surface area contributed by atoms with E-state index in [-0.39, 0.29) is 0 Å². The summed E-state index contributed by atoms with van der Waals surface area (Å²) in [6.45, 7) is 4.39. The van der Waals surface area contributed by atoms with Crippen LogP contribution in [0, 0.1) is 0 Å². The van der Waals surface area contributed by atoms with Gasteiger partial charge < -0.3 is 20.1 Å². The number of benzene rings is 1. The number of hydrogen-bond donors (Lipinski definition) is 1. The molecule has 0 amide bonds. The van der Waals surface area contributed by atoms with Gasteiger partial charge in [0.2, 0.25) is 0 Å². The number of methoxy groups -OCH3 is 1. The second-order valence-electron chi connectivity index (χ2n) is 4.95. The van der Waals surface area contributed by atoms with Gasteiger partial charge in [0.1, 0.15) is 5.75 Å². The zero-order chi connectivity index (χ0) is 13.7. The van der Waals surface area contributed by atoms with Crippen LogP contribution in [0.4, 0.5) is 11.4 Å². The van der Waals surface area contributed by atoms with Crippen molar-refractivity contribution < 1.29 is 9.47 Å².